The van der Waals surface area contributed by atoms with Crippen molar-refractivity contribution in [2.45, 2.75) is 85.1 Å². The minimum atomic E-state index is -0.540. The zero-order chi connectivity index (χ0) is 58.2. The first kappa shape index (κ1) is 57.9. The molecule has 8 aromatic rings. The standard InChI is InChI=1S/C61H60O20/c62-22-40-16-51(68)42(6-33(40)5-34-13-46(65)3-1-31(34)25-79-28-44-11-38(54(71)20-58(44)75)8-37-9-41(23-63)56(73)18-52(37)69)27-81-30-45-12-39(55(72)21-59(45)76)15-48-50(67)4-2-32(61(48)78)26-80-29-43-10-36(53(70)19-57(43)74)7-35-14-47(66)17-60(77)49(35)24-64/h1-4,6,9-14,16-21,62-78H,5,7-8,15,22-30H2. The summed E-state index contributed by atoms with van der Waals surface area (Å²) in [6.07, 6.45) is -0.148. The number of aromatic hydroxyl groups is 14. The molecule has 0 heterocycles. The van der Waals surface area contributed by atoms with Crippen LogP contribution in [0, 0.1) is 0 Å². The van der Waals surface area contributed by atoms with E-state index in [1.807, 2.05) is 0 Å². The molecule has 0 aliphatic heterocycles. The highest BCUT2D eigenvalue weighted by molar-refractivity contribution is 5.56. The summed E-state index contributed by atoms with van der Waals surface area (Å²) < 4.78 is 17.8. The number of aliphatic hydroxyl groups is 3. The number of rotatable bonds is 23. The second-order valence-electron chi connectivity index (χ2n) is 19.5. The summed E-state index contributed by atoms with van der Waals surface area (Å²) in [5.74, 6) is -3.92. The summed E-state index contributed by atoms with van der Waals surface area (Å²) in [6, 6.07) is 23.0. The van der Waals surface area contributed by atoms with Crippen LogP contribution in [0.3, 0.4) is 0 Å². The van der Waals surface area contributed by atoms with Gasteiger partial charge in [0.05, 0.1) is 59.5 Å². The van der Waals surface area contributed by atoms with E-state index in [-0.39, 0.29) is 190 Å². The molecule has 0 fully saturated rings. The van der Waals surface area contributed by atoms with Crippen LogP contribution in [0.4, 0.5) is 0 Å². The quantitative estimate of drug-likeness (QED) is 0.0294. The molecule has 0 saturated carbocycles. The van der Waals surface area contributed by atoms with Crippen molar-refractivity contribution in [3.05, 3.63) is 198 Å². The van der Waals surface area contributed by atoms with Gasteiger partial charge in [-0.2, -0.15) is 0 Å². The summed E-state index contributed by atoms with van der Waals surface area (Å²) >= 11 is 0. The van der Waals surface area contributed by atoms with Gasteiger partial charge in [0.2, 0.25) is 0 Å². The number of hydrogen-bond acceptors (Lipinski definition) is 20. The van der Waals surface area contributed by atoms with Crippen molar-refractivity contribution < 1.29 is 101 Å². The molecule has 0 atom stereocenters. The molecule has 0 unspecified atom stereocenters. The molecule has 424 valence electrons. The Morgan fingerprint density at radius 2 is 0.593 bits per heavy atom. The van der Waals surface area contributed by atoms with Crippen LogP contribution in [0.15, 0.2) is 103 Å². The summed E-state index contributed by atoms with van der Waals surface area (Å²) in [7, 11) is 0. The van der Waals surface area contributed by atoms with Crippen LogP contribution in [0.5, 0.6) is 80.5 Å². The third-order valence-electron chi connectivity index (χ3n) is 13.9. The molecular formula is C61H60O20. The van der Waals surface area contributed by atoms with Crippen LogP contribution in [0.2, 0.25) is 0 Å². The lowest BCUT2D eigenvalue weighted by atomic mass is 9.94. The monoisotopic (exact) mass is 1110 g/mol. The topological polar surface area (TPSA) is 372 Å². The Labute approximate surface area is 462 Å². The van der Waals surface area contributed by atoms with Crippen LogP contribution in [-0.2, 0) is 99.4 Å². The van der Waals surface area contributed by atoms with Gasteiger partial charge in [0.15, 0.2) is 0 Å². The number of benzene rings is 8. The van der Waals surface area contributed by atoms with Crippen LogP contribution < -0.4 is 0 Å². The van der Waals surface area contributed by atoms with Gasteiger partial charge in [0, 0.05) is 94.1 Å². The Kier molecular flexibility index (Phi) is 18.0. The summed E-state index contributed by atoms with van der Waals surface area (Å²) in [5, 5.41) is 178. The Bertz CT molecular complexity index is 3610. The van der Waals surface area contributed by atoms with Gasteiger partial charge in [-0.1, -0.05) is 6.07 Å². The number of phenols is 14. The first-order chi connectivity index (χ1) is 38.7. The van der Waals surface area contributed by atoms with Gasteiger partial charge in [0.1, 0.15) is 80.5 Å². The van der Waals surface area contributed by atoms with Crippen molar-refractivity contribution in [3.8, 4) is 80.5 Å². The lowest BCUT2D eigenvalue weighted by Crippen LogP contribution is -2.04. The normalized spacial score (nSPS) is 11.4. The lowest BCUT2D eigenvalue weighted by molar-refractivity contribution is 0.103. The van der Waals surface area contributed by atoms with Gasteiger partial charge >= 0.3 is 0 Å². The van der Waals surface area contributed by atoms with Crippen molar-refractivity contribution in [1.82, 2.24) is 0 Å². The molecule has 8 aromatic carbocycles. The number of aliphatic hydroxyl groups excluding tert-OH is 3. The molecule has 0 saturated heterocycles. The molecule has 20 heteroatoms. The van der Waals surface area contributed by atoms with Gasteiger partial charge in [-0.3, -0.25) is 0 Å². The van der Waals surface area contributed by atoms with Crippen LogP contribution in [0.25, 0.3) is 0 Å². The zero-order valence-electron chi connectivity index (χ0n) is 43.3. The fourth-order valence-electron chi connectivity index (χ4n) is 9.43. The molecule has 17 N–H and O–H groups in total. The van der Waals surface area contributed by atoms with Crippen molar-refractivity contribution in [3.63, 3.8) is 0 Å². The second-order valence-corrected chi connectivity index (χ2v) is 19.5. The van der Waals surface area contributed by atoms with Crippen LogP contribution >= 0.6 is 0 Å². The molecule has 0 bridgehead atoms. The predicted molar refractivity (Wildman–Crippen MR) is 289 cm³/mol. The van der Waals surface area contributed by atoms with Crippen molar-refractivity contribution in [1.29, 1.82) is 0 Å². The Morgan fingerprint density at radius 1 is 0.222 bits per heavy atom. The second kappa shape index (κ2) is 25.2. The molecular weight excluding hydrogens is 1050 g/mol. The van der Waals surface area contributed by atoms with E-state index in [2.05, 4.69) is 0 Å². The Morgan fingerprint density at radius 3 is 1.10 bits per heavy atom. The molecule has 8 rings (SSSR count). The average molecular weight is 1110 g/mol. The van der Waals surface area contributed by atoms with E-state index in [1.54, 1.807) is 12.1 Å². The van der Waals surface area contributed by atoms with E-state index < -0.39 is 19.8 Å². The molecule has 0 amide bonds. The molecule has 0 aromatic heterocycles. The van der Waals surface area contributed by atoms with Crippen LogP contribution in [-0.4, -0.2) is 86.8 Å². The lowest BCUT2D eigenvalue weighted by Gasteiger charge is -2.17. The van der Waals surface area contributed by atoms with Gasteiger partial charge in [-0.05, 0) is 123 Å². The predicted octanol–water partition coefficient (Wildman–Crippen LogP) is 7.56. The zero-order valence-corrected chi connectivity index (χ0v) is 43.3. The number of hydrogen-bond donors (Lipinski definition) is 17. The minimum absolute atomic E-state index is 0.00520. The highest BCUT2D eigenvalue weighted by atomic mass is 16.5. The highest BCUT2D eigenvalue weighted by Gasteiger charge is 2.21. The van der Waals surface area contributed by atoms with Crippen molar-refractivity contribution >= 4 is 0 Å². The SMILES string of the molecule is OCc1cc(Cc2cc(COCc3ccc(O)cc3Cc3cc(COCc4cc(Cc5c(O)ccc(COCc6cc(Cc7cc(O)cc(O)c7CO)c(O)cc6O)c5O)c(O)cc4O)c(O)cc3CO)c(O)cc2O)c(O)cc1O. The maximum absolute atomic E-state index is 11.4. The molecule has 0 aliphatic carbocycles. The number of ether oxygens (including phenoxy) is 3. The van der Waals surface area contributed by atoms with Crippen molar-refractivity contribution in [2.75, 3.05) is 0 Å². The third kappa shape index (κ3) is 13.6. The summed E-state index contributed by atoms with van der Waals surface area (Å²) in [4.78, 5) is 0. The van der Waals surface area contributed by atoms with Gasteiger partial charge in [-0.15, -0.1) is 0 Å². The maximum Gasteiger partial charge on any atom is 0.128 e. The molecule has 0 aliphatic rings. The van der Waals surface area contributed by atoms with E-state index in [0.29, 0.717) is 50.1 Å². The molecule has 0 radical (unpaired) electrons. The Balaban J connectivity index is 0.910. The molecule has 81 heavy (non-hydrogen) atoms. The Hall–Kier alpha value is -9.28. The van der Waals surface area contributed by atoms with Crippen molar-refractivity contribution in [2.24, 2.45) is 0 Å². The van der Waals surface area contributed by atoms with E-state index in [4.69, 9.17) is 14.2 Å². The van der Waals surface area contributed by atoms with E-state index in [9.17, 15) is 86.8 Å². The molecule has 20 nitrogen and oxygen atoms in total. The summed E-state index contributed by atoms with van der Waals surface area (Å²) in [5.41, 5.74) is 5.13. The highest BCUT2D eigenvalue weighted by Crippen LogP contribution is 2.40. The smallest absolute Gasteiger partial charge is 0.128 e. The largest absolute Gasteiger partial charge is 0.508 e. The third-order valence-corrected chi connectivity index (χ3v) is 13.9. The number of phenolic OH excluding ortho intramolecular Hbond substituents is 12. The first-order valence-electron chi connectivity index (χ1n) is 25.1. The fourth-order valence-corrected chi connectivity index (χ4v) is 9.43. The molecule has 0 spiro atoms. The van der Waals surface area contributed by atoms with Gasteiger partial charge in [-0.25, -0.2) is 0 Å². The first-order valence-corrected chi connectivity index (χ1v) is 25.1. The van der Waals surface area contributed by atoms with E-state index >= 15 is 0 Å². The minimum Gasteiger partial charge on any atom is -0.508 e. The van der Waals surface area contributed by atoms with Gasteiger partial charge < -0.3 is 101 Å². The van der Waals surface area contributed by atoms with E-state index in [1.165, 1.54) is 60.7 Å². The average Bonchev–Trinajstić information content (AvgIpc) is 3.46. The summed E-state index contributed by atoms with van der Waals surface area (Å²) in [6.45, 7) is -2.54. The maximum atomic E-state index is 11.4. The van der Waals surface area contributed by atoms with E-state index in [0.717, 1.165) is 30.3 Å². The van der Waals surface area contributed by atoms with Gasteiger partial charge in [0.25, 0.3) is 0 Å². The van der Waals surface area contributed by atoms with Crippen LogP contribution in [0.1, 0.15) is 94.6 Å². The fraction of sp³-hybridized carbons (Fsp3) is 0.213.